The number of amidine groups is 1. The molecule has 0 saturated carbocycles. The van der Waals surface area contributed by atoms with Gasteiger partial charge in [0.1, 0.15) is 5.60 Å². The number of hydrogen-bond acceptors (Lipinski definition) is 4. The second-order valence-corrected chi connectivity index (χ2v) is 4.90. The average Bonchev–Trinajstić information content (AvgIpc) is 2.71. The fraction of sp³-hybridized carbons (Fsp3) is 0.500. The second kappa shape index (κ2) is 3.69. The van der Waals surface area contributed by atoms with E-state index in [2.05, 4.69) is 21.1 Å². The lowest BCUT2D eigenvalue weighted by molar-refractivity contribution is -0.132. The van der Waals surface area contributed by atoms with Crippen LogP contribution in [-0.4, -0.2) is 28.2 Å². The molecule has 0 aromatic rings. The summed E-state index contributed by atoms with van der Waals surface area (Å²) >= 11 is 3.03. The molecular formula is C10H11BrN2O3. The van der Waals surface area contributed by atoms with Crippen molar-refractivity contribution in [1.82, 2.24) is 4.90 Å². The van der Waals surface area contributed by atoms with Gasteiger partial charge in [-0.05, 0) is 29.3 Å². The first-order valence-electron chi connectivity index (χ1n) is 4.97. The molecule has 86 valence electrons. The predicted octanol–water partition coefficient (Wildman–Crippen LogP) is 1.54. The van der Waals surface area contributed by atoms with Crippen molar-refractivity contribution < 1.29 is 14.4 Å². The van der Waals surface area contributed by atoms with Gasteiger partial charge in [0, 0.05) is 6.08 Å². The number of nitrogens with zero attached hydrogens (tertiary/aromatic N) is 2. The van der Waals surface area contributed by atoms with E-state index in [1.54, 1.807) is 0 Å². The quantitative estimate of drug-likeness (QED) is 0.687. The van der Waals surface area contributed by atoms with Crippen LogP contribution in [-0.2, 0) is 14.4 Å². The fourth-order valence-corrected chi connectivity index (χ4v) is 1.93. The number of amides is 2. The minimum atomic E-state index is -0.412. The van der Waals surface area contributed by atoms with Gasteiger partial charge in [0.15, 0.2) is 5.84 Å². The summed E-state index contributed by atoms with van der Waals surface area (Å²) in [5.74, 6) is -0.377. The highest BCUT2D eigenvalue weighted by molar-refractivity contribution is 9.12. The average molecular weight is 287 g/mol. The molecule has 0 spiro atoms. The van der Waals surface area contributed by atoms with E-state index in [1.165, 1.54) is 6.08 Å². The SMILES string of the molecule is CCC1(C)CC(N2C(=O)C=C(Br)C2=O)=NO1. The van der Waals surface area contributed by atoms with Crippen LogP contribution in [0.4, 0.5) is 0 Å². The highest BCUT2D eigenvalue weighted by Gasteiger charge is 2.41. The molecule has 0 aromatic heterocycles. The van der Waals surface area contributed by atoms with Gasteiger partial charge in [0.05, 0.1) is 10.9 Å². The number of carbonyl (C=O) groups is 2. The molecule has 0 fully saturated rings. The van der Waals surface area contributed by atoms with Gasteiger partial charge in [0.25, 0.3) is 11.8 Å². The minimum Gasteiger partial charge on any atom is -0.388 e. The molecule has 16 heavy (non-hydrogen) atoms. The van der Waals surface area contributed by atoms with Crippen LogP contribution in [0.1, 0.15) is 26.7 Å². The van der Waals surface area contributed by atoms with Gasteiger partial charge in [-0.15, -0.1) is 0 Å². The summed E-state index contributed by atoms with van der Waals surface area (Å²) in [6, 6.07) is 0. The monoisotopic (exact) mass is 286 g/mol. The van der Waals surface area contributed by atoms with Crippen molar-refractivity contribution in [1.29, 1.82) is 0 Å². The maximum atomic E-state index is 11.7. The van der Waals surface area contributed by atoms with Gasteiger partial charge in [-0.3, -0.25) is 9.59 Å². The Kier molecular flexibility index (Phi) is 2.61. The molecule has 0 saturated heterocycles. The lowest BCUT2D eigenvalue weighted by atomic mass is 9.99. The third kappa shape index (κ3) is 1.67. The smallest absolute Gasteiger partial charge is 0.273 e. The van der Waals surface area contributed by atoms with Crippen molar-refractivity contribution >= 4 is 33.6 Å². The molecule has 2 amide bonds. The van der Waals surface area contributed by atoms with E-state index in [4.69, 9.17) is 4.84 Å². The Balaban J connectivity index is 2.18. The summed E-state index contributed by atoms with van der Waals surface area (Å²) in [6.45, 7) is 3.87. The van der Waals surface area contributed by atoms with Crippen LogP contribution in [0.5, 0.6) is 0 Å². The number of carbonyl (C=O) groups excluding carboxylic acids is 2. The lowest BCUT2D eigenvalue weighted by Crippen LogP contribution is -2.38. The molecule has 2 heterocycles. The summed E-state index contributed by atoms with van der Waals surface area (Å²) in [5.41, 5.74) is -0.412. The molecule has 1 unspecified atom stereocenters. The van der Waals surface area contributed by atoms with E-state index in [-0.39, 0.29) is 16.3 Å². The number of imide groups is 1. The van der Waals surface area contributed by atoms with Crippen LogP contribution in [0.15, 0.2) is 15.7 Å². The molecule has 2 rings (SSSR count). The Morgan fingerprint density at radius 2 is 2.31 bits per heavy atom. The standard InChI is InChI=1S/C10H11BrN2O3/c1-3-10(2)5-7(12-16-10)13-8(14)4-6(11)9(13)15/h4H,3,5H2,1-2H3. The Morgan fingerprint density at radius 3 is 2.75 bits per heavy atom. The Bertz CT molecular complexity index is 430. The van der Waals surface area contributed by atoms with Crippen LogP contribution in [0, 0.1) is 0 Å². The Morgan fingerprint density at radius 1 is 1.62 bits per heavy atom. The second-order valence-electron chi connectivity index (χ2n) is 4.05. The van der Waals surface area contributed by atoms with E-state index in [1.807, 2.05) is 13.8 Å². The molecule has 5 nitrogen and oxygen atoms in total. The maximum absolute atomic E-state index is 11.7. The zero-order valence-electron chi connectivity index (χ0n) is 8.99. The topological polar surface area (TPSA) is 59.0 Å². The van der Waals surface area contributed by atoms with Crippen LogP contribution in [0.3, 0.4) is 0 Å². The molecule has 2 aliphatic rings. The largest absolute Gasteiger partial charge is 0.388 e. The lowest BCUT2D eigenvalue weighted by Gasteiger charge is -2.19. The predicted molar refractivity (Wildman–Crippen MR) is 60.7 cm³/mol. The minimum absolute atomic E-state index is 0.255. The van der Waals surface area contributed by atoms with Gasteiger partial charge in [0.2, 0.25) is 0 Å². The molecular weight excluding hydrogens is 276 g/mol. The Labute approximate surface area is 101 Å². The first-order valence-corrected chi connectivity index (χ1v) is 5.77. The van der Waals surface area contributed by atoms with Crippen molar-refractivity contribution in [3.63, 3.8) is 0 Å². The number of hydrogen-bond donors (Lipinski definition) is 0. The maximum Gasteiger partial charge on any atom is 0.273 e. The zero-order chi connectivity index (χ0) is 11.9. The van der Waals surface area contributed by atoms with Gasteiger partial charge < -0.3 is 4.84 Å². The summed E-state index contributed by atoms with van der Waals surface area (Å²) in [5, 5.41) is 3.82. The van der Waals surface area contributed by atoms with Crippen LogP contribution >= 0.6 is 15.9 Å². The molecule has 6 heteroatoms. The molecule has 1 atom stereocenters. The molecule has 0 N–H and O–H groups in total. The molecule has 0 aliphatic carbocycles. The van der Waals surface area contributed by atoms with E-state index in [0.717, 1.165) is 11.3 Å². The van der Waals surface area contributed by atoms with Crippen molar-refractivity contribution in [3.05, 3.63) is 10.6 Å². The summed E-state index contributed by atoms with van der Waals surface area (Å²) in [6.07, 6.45) is 2.48. The van der Waals surface area contributed by atoms with Crippen molar-refractivity contribution in [3.8, 4) is 0 Å². The van der Waals surface area contributed by atoms with Crippen LogP contribution in [0.2, 0.25) is 0 Å². The molecule has 2 aliphatic heterocycles. The number of rotatable bonds is 1. The van der Waals surface area contributed by atoms with E-state index >= 15 is 0 Å². The van der Waals surface area contributed by atoms with Crippen molar-refractivity contribution in [2.45, 2.75) is 32.3 Å². The van der Waals surface area contributed by atoms with E-state index in [9.17, 15) is 9.59 Å². The number of halogens is 1. The summed E-state index contributed by atoms with van der Waals surface area (Å²) in [4.78, 5) is 29.5. The zero-order valence-corrected chi connectivity index (χ0v) is 10.6. The molecule has 0 radical (unpaired) electrons. The Hall–Kier alpha value is -1.17. The molecule has 0 aromatic carbocycles. The van der Waals surface area contributed by atoms with Gasteiger partial charge in [-0.2, -0.15) is 0 Å². The van der Waals surface area contributed by atoms with Crippen LogP contribution < -0.4 is 0 Å². The van der Waals surface area contributed by atoms with Gasteiger partial charge in [-0.25, -0.2) is 4.90 Å². The van der Waals surface area contributed by atoms with Crippen molar-refractivity contribution in [2.75, 3.05) is 0 Å². The van der Waals surface area contributed by atoms with Gasteiger partial charge in [-0.1, -0.05) is 12.1 Å². The summed E-state index contributed by atoms with van der Waals surface area (Å²) < 4.78 is 0.255. The van der Waals surface area contributed by atoms with Crippen LogP contribution in [0.25, 0.3) is 0 Å². The first kappa shape index (κ1) is 11.3. The summed E-state index contributed by atoms with van der Waals surface area (Å²) in [7, 11) is 0. The van der Waals surface area contributed by atoms with E-state index < -0.39 is 5.60 Å². The third-order valence-electron chi connectivity index (χ3n) is 2.79. The fourth-order valence-electron chi connectivity index (χ4n) is 1.56. The highest BCUT2D eigenvalue weighted by Crippen LogP contribution is 2.30. The normalized spacial score (nSPS) is 29.3. The third-order valence-corrected chi connectivity index (χ3v) is 3.36. The highest BCUT2D eigenvalue weighted by atomic mass is 79.9. The first-order chi connectivity index (χ1) is 7.47. The van der Waals surface area contributed by atoms with E-state index in [0.29, 0.717) is 12.3 Å². The number of oxime groups is 1. The van der Waals surface area contributed by atoms with Gasteiger partial charge >= 0.3 is 0 Å². The molecule has 0 bridgehead atoms. The van der Waals surface area contributed by atoms with Crippen molar-refractivity contribution in [2.24, 2.45) is 5.16 Å².